The molecule has 0 saturated carbocycles. The smallest absolute Gasteiger partial charge is 0.241 e. The maximum absolute atomic E-state index is 12.7. The number of hydrogen-bond donors (Lipinski definition) is 1. The van der Waals surface area contributed by atoms with Gasteiger partial charge in [-0.1, -0.05) is 11.6 Å². The molecular weight excluding hydrogens is 370 g/mol. The molecule has 0 bridgehead atoms. The van der Waals surface area contributed by atoms with Crippen molar-refractivity contribution < 1.29 is 9.53 Å². The van der Waals surface area contributed by atoms with Crippen molar-refractivity contribution in [2.45, 2.75) is 19.5 Å². The standard InChI is InChI=1S/C19H24ClN3O2S/c1-14(19(24)21-17-11-16(20)3-4-18(17)25-2)23-8-6-22(7-9-23)12-15-5-10-26-13-15/h3-5,10-11,13-14H,6-9,12H2,1-2H3,(H,21,24). The van der Waals surface area contributed by atoms with Crippen molar-refractivity contribution in [1.82, 2.24) is 9.80 Å². The van der Waals surface area contributed by atoms with E-state index in [1.807, 2.05) is 6.92 Å². The zero-order chi connectivity index (χ0) is 18.5. The van der Waals surface area contributed by atoms with Gasteiger partial charge in [-0.2, -0.15) is 11.3 Å². The monoisotopic (exact) mass is 393 g/mol. The van der Waals surface area contributed by atoms with Gasteiger partial charge in [-0.25, -0.2) is 0 Å². The number of amides is 1. The van der Waals surface area contributed by atoms with Crippen LogP contribution in [-0.2, 0) is 11.3 Å². The first-order valence-corrected chi connectivity index (χ1v) is 10.0. The van der Waals surface area contributed by atoms with Gasteiger partial charge in [0.05, 0.1) is 18.8 Å². The lowest BCUT2D eigenvalue weighted by Gasteiger charge is -2.37. The fourth-order valence-corrected chi connectivity index (χ4v) is 3.96. The fraction of sp³-hybridized carbons (Fsp3) is 0.421. The molecule has 0 aliphatic carbocycles. The van der Waals surface area contributed by atoms with Crippen LogP contribution in [0.15, 0.2) is 35.0 Å². The van der Waals surface area contributed by atoms with E-state index in [0.29, 0.717) is 16.5 Å². The highest BCUT2D eigenvalue weighted by Crippen LogP contribution is 2.28. The molecule has 2 heterocycles. The van der Waals surface area contributed by atoms with Crippen LogP contribution in [0.5, 0.6) is 5.75 Å². The Morgan fingerprint density at radius 3 is 2.73 bits per heavy atom. The van der Waals surface area contributed by atoms with E-state index < -0.39 is 0 Å². The minimum Gasteiger partial charge on any atom is -0.495 e. The van der Waals surface area contributed by atoms with Gasteiger partial charge in [0.15, 0.2) is 0 Å². The Morgan fingerprint density at radius 1 is 1.31 bits per heavy atom. The van der Waals surface area contributed by atoms with Crippen molar-refractivity contribution in [3.63, 3.8) is 0 Å². The molecule has 1 amide bonds. The van der Waals surface area contributed by atoms with Crippen molar-refractivity contribution in [2.75, 3.05) is 38.6 Å². The van der Waals surface area contributed by atoms with Crippen LogP contribution in [0.25, 0.3) is 0 Å². The SMILES string of the molecule is COc1ccc(Cl)cc1NC(=O)C(C)N1CCN(Cc2ccsc2)CC1. The maximum Gasteiger partial charge on any atom is 0.241 e. The van der Waals surface area contributed by atoms with Gasteiger partial charge in [0, 0.05) is 37.7 Å². The summed E-state index contributed by atoms with van der Waals surface area (Å²) in [7, 11) is 1.58. The van der Waals surface area contributed by atoms with Gasteiger partial charge in [-0.05, 0) is 47.5 Å². The van der Waals surface area contributed by atoms with Crippen LogP contribution in [-0.4, -0.2) is 55.0 Å². The summed E-state index contributed by atoms with van der Waals surface area (Å²) in [4.78, 5) is 17.3. The number of anilines is 1. The Hall–Kier alpha value is -1.60. The van der Waals surface area contributed by atoms with Gasteiger partial charge in [0.25, 0.3) is 0 Å². The number of benzene rings is 1. The van der Waals surface area contributed by atoms with Crippen LogP contribution >= 0.6 is 22.9 Å². The zero-order valence-corrected chi connectivity index (χ0v) is 16.6. The van der Waals surface area contributed by atoms with E-state index in [2.05, 4.69) is 31.9 Å². The highest BCUT2D eigenvalue weighted by atomic mass is 35.5. The zero-order valence-electron chi connectivity index (χ0n) is 15.1. The van der Waals surface area contributed by atoms with Crippen LogP contribution < -0.4 is 10.1 Å². The predicted octanol–water partition coefficient (Wildman–Crippen LogP) is 3.55. The topological polar surface area (TPSA) is 44.8 Å². The number of ether oxygens (including phenoxy) is 1. The molecule has 1 aromatic heterocycles. The molecule has 1 aliphatic rings. The fourth-order valence-electron chi connectivity index (χ4n) is 3.13. The van der Waals surface area contributed by atoms with Gasteiger partial charge in [-0.15, -0.1) is 0 Å². The first kappa shape index (κ1) is 19.2. The Bertz CT molecular complexity index is 730. The van der Waals surface area contributed by atoms with Crippen molar-refractivity contribution in [3.05, 3.63) is 45.6 Å². The van der Waals surface area contributed by atoms with Gasteiger partial charge < -0.3 is 10.1 Å². The van der Waals surface area contributed by atoms with Crippen LogP contribution in [0.4, 0.5) is 5.69 Å². The van der Waals surface area contributed by atoms with Gasteiger partial charge in [-0.3, -0.25) is 14.6 Å². The number of halogens is 1. The second-order valence-electron chi connectivity index (χ2n) is 6.45. The van der Waals surface area contributed by atoms with Crippen molar-refractivity contribution in [3.8, 4) is 5.75 Å². The van der Waals surface area contributed by atoms with E-state index in [4.69, 9.17) is 16.3 Å². The molecule has 0 spiro atoms. The summed E-state index contributed by atoms with van der Waals surface area (Å²) in [5, 5.41) is 7.82. The number of nitrogens with zero attached hydrogens (tertiary/aromatic N) is 2. The molecule has 1 N–H and O–H groups in total. The molecule has 7 heteroatoms. The van der Waals surface area contributed by atoms with E-state index in [1.165, 1.54) is 5.56 Å². The molecule has 26 heavy (non-hydrogen) atoms. The second kappa shape index (κ2) is 8.86. The van der Waals surface area contributed by atoms with Crippen LogP contribution in [0, 0.1) is 0 Å². The average Bonchev–Trinajstić information content (AvgIpc) is 3.15. The number of hydrogen-bond acceptors (Lipinski definition) is 5. The Balaban J connectivity index is 1.54. The lowest BCUT2D eigenvalue weighted by Crippen LogP contribution is -2.52. The van der Waals surface area contributed by atoms with Gasteiger partial charge in [0.2, 0.25) is 5.91 Å². The van der Waals surface area contributed by atoms with E-state index >= 15 is 0 Å². The van der Waals surface area contributed by atoms with Crippen molar-refractivity contribution >= 4 is 34.5 Å². The third kappa shape index (κ3) is 4.76. The highest BCUT2D eigenvalue weighted by molar-refractivity contribution is 7.07. The van der Waals surface area contributed by atoms with E-state index in [0.717, 1.165) is 32.7 Å². The second-order valence-corrected chi connectivity index (χ2v) is 7.67. The molecule has 140 valence electrons. The predicted molar refractivity (Wildman–Crippen MR) is 107 cm³/mol. The molecule has 3 rings (SSSR count). The average molecular weight is 394 g/mol. The summed E-state index contributed by atoms with van der Waals surface area (Å²) in [6.07, 6.45) is 0. The minimum absolute atomic E-state index is 0.0446. The molecule has 1 aromatic carbocycles. The molecule has 2 aromatic rings. The normalized spacial score (nSPS) is 17.0. The number of thiophene rings is 1. The minimum atomic E-state index is -0.206. The third-order valence-electron chi connectivity index (χ3n) is 4.74. The molecule has 1 unspecified atom stereocenters. The molecule has 1 aliphatic heterocycles. The summed E-state index contributed by atoms with van der Waals surface area (Å²) in [5.41, 5.74) is 1.97. The van der Waals surface area contributed by atoms with E-state index in [-0.39, 0.29) is 11.9 Å². The molecule has 0 radical (unpaired) electrons. The number of rotatable bonds is 6. The van der Waals surface area contributed by atoms with Gasteiger partial charge >= 0.3 is 0 Å². The lowest BCUT2D eigenvalue weighted by molar-refractivity contribution is -0.121. The summed E-state index contributed by atoms with van der Waals surface area (Å²) < 4.78 is 5.30. The maximum atomic E-state index is 12.7. The lowest BCUT2D eigenvalue weighted by atomic mass is 10.2. The number of methoxy groups -OCH3 is 1. The van der Waals surface area contributed by atoms with Crippen molar-refractivity contribution in [2.24, 2.45) is 0 Å². The first-order valence-electron chi connectivity index (χ1n) is 8.68. The van der Waals surface area contributed by atoms with Crippen LogP contribution in [0.2, 0.25) is 5.02 Å². The number of carbonyl (C=O) groups excluding carboxylic acids is 1. The molecule has 1 atom stereocenters. The molecule has 1 saturated heterocycles. The highest BCUT2D eigenvalue weighted by Gasteiger charge is 2.26. The third-order valence-corrected chi connectivity index (χ3v) is 5.71. The van der Waals surface area contributed by atoms with Crippen molar-refractivity contribution in [1.29, 1.82) is 0 Å². The Morgan fingerprint density at radius 2 is 2.08 bits per heavy atom. The Kier molecular flexibility index (Phi) is 6.53. The number of piperazine rings is 1. The van der Waals surface area contributed by atoms with E-state index in [1.54, 1.807) is 36.6 Å². The summed E-state index contributed by atoms with van der Waals surface area (Å²) in [5.74, 6) is 0.562. The molecule has 1 fully saturated rings. The number of nitrogens with one attached hydrogen (secondary N) is 1. The largest absolute Gasteiger partial charge is 0.495 e. The Labute approximate surface area is 163 Å². The number of carbonyl (C=O) groups is 1. The van der Waals surface area contributed by atoms with Crippen LogP contribution in [0.3, 0.4) is 0 Å². The summed E-state index contributed by atoms with van der Waals surface area (Å²) in [6.45, 7) is 6.62. The quantitative estimate of drug-likeness (QED) is 0.815. The van der Waals surface area contributed by atoms with Crippen LogP contribution in [0.1, 0.15) is 12.5 Å². The molecular formula is C19H24ClN3O2S. The summed E-state index contributed by atoms with van der Waals surface area (Å²) >= 11 is 7.77. The summed E-state index contributed by atoms with van der Waals surface area (Å²) in [6, 6.07) is 7.18. The van der Waals surface area contributed by atoms with Gasteiger partial charge in [0.1, 0.15) is 5.75 Å². The van der Waals surface area contributed by atoms with E-state index in [9.17, 15) is 4.79 Å². The first-order chi connectivity index (χ1) is 12.6. The molecule has 5 nitrogen and oxygen atoms in total.